The van der Waals surface area contributed by atoms with Crippen molar-refractivity contribution >= 4 is 23.0 Å². The minimum absolute atomic E-state index is 0.427. The lowest BCUT2D eigenvalue weighted by atomic mass is 10.2. The Morgan fingerprint density at radius 1 is 1.33 bits per heavy atom. The van der Waals surface area contributed by atoms with Crippen LogP contribution in [0.3, 0.4) is 0 Å². The fourth-order valence-electron chi connectivity index (χ4n) is 1.27. The number of aryl methyl sites for hydroxylation is 1. The van der Waals surface area contributed by atoms with Crippen molar-refractivity contribution in [3.63, 3.8) is 0 Å². The molecule has 2 aromatic heterocycles. The molecule has 0 radical (unpaired) electrons. The summed E-state index contributed by atoms with van der Waals surface area (Å²) in [7, 11) is 1.98. The number of aromatic nitrogens is 4. The van der Waals surface area contributed by atoms with Crippen LogP contribution in [0.2, 0.25) is 0 Å². The van der Waals surface area contributed by atoms with Gasteiger partial charge in [-0.15, -0.1) is 0 Å². The van der Waals surface area contributed by atoms with Crippen LogP contribution in [0.1, 0.15) is 25.6 Å². The van der Waals surface area contributed by atoms with Crippen LogP contribution in [0.5, 0.6) is 0 Å². The van der Waals surface area contributed by atoms with Gasteiger partial charge in [0, 0.05) is 13.0 Å². The zero-order valence-electron chi connectivity index (χ0n) is 7.27. The SMILES string of the molecule is CC(C)c1nc2nsnc2n1C. The molecule has 0 spiro atoms. The number of fused-ring (bicyclic) bond motifs is 1. The first-order chi connectivity index (χ1) is 5.70. The van der Waals surface area contributed by atoms with Crippen molar-refractivity contribution < 1.29 is 0 Å². The molecule has 0 fully saturated rings. The Morgan fingerprint density at radius 3 is 2.67 bits per heavy atom. The minimum atomic E-state index is 0.427. The maximum absolute atomic E-state index is 4.37. The molecule has 2 aromatic rings. The van der Waals surface area contributed by atoms with E-state index in [0.29, 0.717) is 5.92 Å². The maximum Gasteiger partial charge on any atom is 0.212 e. The average Bonchev–Trinajstić information content (AvgIpc) is 2.53. The van der Waals surface area contributed by atoms with Crippen molar-refractivity contribution in [1.29, 1.82) is 0 Å². The van der Waals surface area contributed by atoms with E-state index in [4.69, 9.17) is 0 Å². The van der Waals surface area contributed by atoms with Crippen LogP contribution in [0, 0.1) is 0 Å². The van der Waals surface area contributed by atoms with E-state index in [0.717, 1.165) is 17.1 Å². The summed E-state index contributed by atoms with van der Waals surface area (Å²) in [6, 6.07) is 0. The lowest BCUT2D eigenvalue weighted by Crippen LogP contribution is -1.99. The Labute approximate surface area is 74.6 Å². The number of nitrogens with zero attached hydrogens (tertiary/aromatic N) is 4. The third-order valence-corrected chi connectivity index (χ3v) is 2.36. The van der Waals surface area contributed by atoms with Crippen molar-refractivity contribution in [3.8, 4) is 0 Å². The molecule has 0 saturated carbocycles. The second-order valence-electron chi connectivity index (χ2n) is 3.10. The predicted molar refractivity (Wildman–Crippen MR) is 48.3 cm³/mol. The van der Waals surface area contributed by atoms with Gasteiger partial charge in [-0.1, -0.05) is 13.8 Å². The Kier molecular flexibility index (Phi) is 1.61. The summed E-state index contributed by atoms with van der Waals surface area (Å²) in [5.41, 5.74) is 1.66. The van der Waals surface area contributed by atoms with Crippen molar-refractivity contribution in [1.82, 2.24) is 18.3 Å². The van der Waals surface area contributed by atoms with Gasteiger partial charge in [0.1, 0.15) is 5.82 Å². The first kappa shape index (κ1) is 7.67. The van der Waals surface area contributed by atoms with Gasteiger partial charge in [0.15, 0.2) is 5.65 Å². The summed E-state index contributed by atoms with van der Waals surface area (Å²) in [5.74, 6) is 1.48. The maximum atomic E-state index is 4.37. The molecule has 0 aliphatic rings. The highest BCUT2D eigenvalue weighted by atomic mass is 32.1. The van der Waals surface area contributed by atoms with Gasteiger partial charge in [0.05, 0.1) is 11.7 Å². The van der Waals surface area contributed by atoms with Crippen LogP contribution in [0.25, 0.3) is 11.3 Å². The van der Waals surface area contributed by atoms with E-state index in [9.17, 15) is 0 Å². The molecule has 12 heavy (non-hydrogen) atoms. The van der Waals surface area contributed by atoms with Crippen LogP contribution in [0.15, 0.2) is 0 Å². The lowest BCUT2D eigenvalue weighted by molar-refractivity contribution is 0.719. The molecular formula is C7H10N4S. The van der Waals surface area contributed by atoms with Crippen LogP contribution < -0.4 is 0 Å². The van der Waals surface area contributed by atoms with Crippen LogP contribution in [-0.2, 0) is 7.05 Å². The van der Waals surface area contributed by atoms with E-state index < -0.39 is 0 Å². The number of hydrogen-bond acceptors (Lipinski definition) is 4. The van der Waals surface area contributed by atoms with E-state index in [1.165, 1.54) is 11.7 Å². The smallest absolute Gasteiger partial charge is 0.212 e. The van der Waals surface area contributed by atoms with Gasteiger partial charge in [-0.3, -0.25) is 0 Å². The van der Waals surface area contributed by atoms with Crippen molar-refractivity contribution in [2.24, 2.45) is 7.05 Å². The third-order valence-electron chi connectivity index (χ3n) is 1.85. The largest absolute Gasteiger partial charge is 0.313 e. The molecular weight excluding hydrogens is 172 g/mol. The zero-order chi connectivity index (χ0) is 8.72. The third kappa shape index (κ3) is 0.929. The summed E-state index contributed by atoms with van der Waals surface area (Å²) >= 11 is 1.21. The minimum Gasteiger partial charge on any atom is -0.313 e. The topological polar surface area (TPSA) is 43.6 Å². The predicted octanol–water partition coefficient (Wildman–Crippen LogP) is 1.55. The molecule has 0 aromatic carbocycles. The number of hydrogen-bond donors (Lipinski definition) is 0. The van der Waals surface area contributed by atoms with Crippen molar-refractivity contribution in [2.45, 2.75) is 19.8 Å². The Morgan fingerprint density at radius 2 is 2.08 bits per heavy atom. The van der Waals surface area contributed by atoms with E-state index in [2.05, 4.69) is 27.6 Å². The molecule has 2 rings (SSSR count). The van der Waals surface area contributed by atoms with Gasteiger partial charge < -0.3 is 4.57 Å². The normalized spacial score (nSPS) is 11.7. The van der Waals surface area contributed by atoms with Crippen LogP contribution >= 0.6 is 11.7 Å². The molecule has 2 heterocycles. The van der Waals surface area contributed by atoms with Crippen molar-refractivity contribution in [3.05, 3.63) is 5.82 Å². The molecule has 0 atom stereocenters. The second kappa shape index (κ2) is 2.52. The van der Waals surface area contributed by atoms with Crippen LogP contribution in [0.4, 0.5) is 0 Å². The molecule has 64 valence electrons. The van der Waals surface area contributed by atoms with Gasteiger partial charge in [0.2, 0.25) is 5.65 Å². The molecule has 0 N–H and O–H groups in total. The molecule has 5 heteroatoms. The highest BCUT2D eigenvalue weighted by Gasteiger charge is 2.12. The monoisotopic (exact) mass is 182 g/mol. The molecule has 4 nitrogen and oxygen atoms in total. The van der Waals surface area contributed by atoms with E-state index in [-0.39, 0.29) is 0 Å². The van der Waals surface area contributed by atoms with Crippen LogP contribution in [-0.4, -0.2) is 18.3 Å². The molecule has 0 saturated heterocycles. The van der Waals surface area contributed by atoms with Gasteiger partial charge in [-0.25, -0.2) is 4.98 Å². The van der Waals surface area contributed by atoms with Crippen molar-refractivity contribution in [2.75, 3.05) is 0 Å². The summed E-state index contributed by atoms with van der Waals surface area (Å²) in [6.07, 6.45) is 0. The van der Waals surface area contributed by atoms with E-state index in [1.807, 2.05) is 11.6 Å². The fraction of sp³-hybridized carbons (Fsp3) is 0.571. The van der Waals surface area contributed by atoms with E-state index in [1.54, 1.807) is 0 Å². The van der Waals surface area contributed by atoms with Gasteiger partial charge >= 0.3 is 0 Å². The van der Waals surface area contributed by atoms with Gasteiger partial charge in [-0.2, -0.15) is 8.75 Å². The zero-order valence-corrected chi connectivity index (χ0v) is 8.09. The molecule has 0 amide bonds. The van der Waals surface area contributed by atoms with Gasteiger partial charge in [-0.05, 0) is 0 Å². The summed E-state index contributed by atoms with van der Waals surface area (Å²) < 4.78 is 10.2. The quantitative estimate of drug-likeness (QED) is 0.672. The summed E-state index contributed by atoms with van der Waals surface area (Å²) in [4.78, 5) is 4.37. The molecule has 0 bridgehead atoms. The fourth-order valence-corrected chi connectivity index (χ4v) is 1.79. The number of imidazole rings is 1. The standard InChI is InChI=1S/C7H10N4S/c1-4(2)6-8-5-7(11(6)3)10-12-9-5/h4H,1-3H3. The highest BCUT2D eigenvalue weighted by molar-refractivity contribution is 7.00. The average molecular weight is 182 g/mol. The first-order valence-electron chi connectivity index (χ1n) is 3.85. The second-order valence-corrected chi connectivity index (χ2v) is 3.62. The Hall–Kier alpha value is -0.970. The molecule has 0 aliphatic heterocycles. The van der Waals surface area contributed by atoms with Gasteiger partial charge in [0.25, 0.3) is 0 Å². The summed E-state index contributed by atoms with van der Waals surface area (Å²) in [5, 5.41) is 0. The first-order valence-corrected chi connectivity index (χ1v) is 4.58. The Balaban J connectivity index is 2.70. The Bertz CT molecular complexity index is 400. The highest BCUT2D eigenvalue weighted by Crippen LogP contribution is 2.18. The van der Waals surface area contributed by atoms with E-state index >= 15 is 0 Å². The summed E-state index contributed by atoms with van der Waals surface area (Å²) in [6.45, 7) is 4.23. The molecule has 0 unspecified atom stereocenters. The molecule has 0 aliphatic carbocycles. The number of rotatable bonds is 1. The lowest BCUT2D eigenvalue weighted by Gasteiger charge is -2.02.